The van der Waals surface area contributed by atoms with Gasteiger partial charge in [0, 0.05) is 25.0 Å². The van der Waals surface area contributed by atoms with Gasteiger partial charge in [-0.2, -0.15) is 0 Å². The topological polar surface area (TPSA) is 58.7 Å². The van der Waals surface area contributed by atoms with Crippen molar-refractivity contribution in [3.63, 3.8) is 0 Å². The minimum atomic E-state index is -0.614. The zero-order chi connectivity index (χ0) is 20.1. The molecule has 2 aromatic rings. The van der Waals surface area contributed by atoms with Crippen molar-refractivity contribution in [3.05, 3.63) is 65.7 Å². The number of hydrogen-bond acceptors (Lipinski definition) is 4. The van der Waals surface area contributed by atoms with Crippen molar-refractivity contribution in [3.8, 4) is 5.75 Å². The van der Waals surface area contributed by atoms with E-state index < -0.39 is 5.60 Å². The minimum absolute atomic E-state index is 0. The van der Waals surface area contributed by atoms with Crippen LogP contribution in [0.2, 0.25) is 0 Å². The fraction of sp³-hybridized carbons (Fsp3) is 0.520. The summed E-state index contributed by atoms with van der Waals surface area (Å²) in [5.41, 5.74) is 7.89. The van der Waals surface area contributed by atoms with E-state index >= 15 is 0 Å². The molecule has 2 aliphatic rings. The monoisotopic (exact) mass is 466 g/mol. The smallest absolute Gasteiger partial charge is 0.119 e. The lowest BCUT2D eigenvalue weighted by atomic mass is 9.72. The van der Waals surface area contributed by atoms with E-state index in [0.29, 0.717) is 6.61 Å². The molecule has 1 aliphatic carbocycles. The summed E-state index contributed by atoms with van der Waals surface area (Å²) in [6, 6.07) is 18.9. The third-order valence-electron chi connectivity index (χ3n) is 6.65. The molecule has 1 unspecified atom stereocenters. The van der Waals surface area contributed by atoms with Gasteiger partial charge < -0.3 is 20.5 Å². The fourth-order valence-electron chi connectivity index (χ4n) is 4.92. The second kappa shape index (κ2) is 12.1. The number of ether oxygens (including phenoxy) is 1. The van der Waals surface area contributed by atoms with Gasteiger partial charge in [-0.3, -0.25) is 0 Å². The standard InChI is InChI=1S/C25H34N2O2.2ClH/c26-22-13-16-27(17-22)18-24(25(28)14-5-2-6-15-25)21-9-11-23(12-10-21)29-19-20-7-3-1-4-8-20;;/h1,3-4,7-12,22,24,28H,2,5-6,13-19,26H2;2*1H/t22-,24?;;/m1../s1. The van der Waals surface area contributed by atoms with Crippen molar-refractivity contribution in [2.45, 2.75) is 62.7 Å². The number of aliphatic hydroxyl groups is 1. The Labute approximate surface area is 199 Å². The molecule has 2 atom stereocenters. The largest absolute Gasteiger partial charge is 0.489 e. The van der Waals surface area contributed by atoms with Crippen LogP contribution in [-0.4, -0.2) is 41.3 Å². The molecule has 1 saturated carbocycles. The second-order valence-corrected chi connectivity index (χ2v) is 8.87. The van der Waals surface area contributed by atoms with Crippen LogP contribution >= 0.6 is 24.8 Å². The predicted molar refractivity (Wildman–Crippen MR) is 132 cm³/mol. The summed E-state index contributed by atoms with van der Waals surface area (Å²) in [6.07, 6.45) is 6.30. The number of nitrogens with zero attached hydrogens (tertiary/aromatic N) is 1. The lowest BCUT2D eigenvalue weighted by Crippen LogP contribution is -2.44. The molecule has 2 fully saturated rings. The Morgan fingerprint density at radius 3 is 2.29 bits per heavy atom. The first-order chi connectivity index (χ1) is 14.1. The highest BCUT2D eigenvalue weighted by Crippen LogP contribution is 2.41. The number of rotatable bonds is 7. The summed E-state index contributed by atoms with van der Waals surface area (Å²) in [5.74, 6) is 0.992. The summed E-state index contributed by atoms with van der Waals surface area (Å²) in [5, 5.41) is 11.5. The van der Waals surface area contributed by atoms with E-state index in [1.165, 1.54) is 12.0 Å². The Morgan fingerprint density at radius 1 is 1.00 bits per heavy atom. The molecule has 1 aliphatic heterocycles. The van der Waals surface area contributed by atoms with E-state index in [1.54, 1.807) is 0 Å². The van der Waals surface area contributed by atoms with Gasteiger partial charge in [0.05, 0.1) is 5.60 Å². The van der Waals surface area contributed by atoms with Gasteiger partial charge in [0.1, 0.15) is 12.4 Å². The van der Waals surface area contributed by atoms with Crippen LogP contribution in [0.4, 0.5) is 0 Å². The molecule has 0 radical (unpaired) electrons. The van der Waals surface area contributed by atoms with Crippen LogP contribution in [0.25, 0.3) is 0 Å². The molecule has 6 heteroatoms. The van der Waals surface area contributed by atoms with Crippen molar-refractivity contribution >= 4 is 24.8 Å². The maximum atomic E-state index is 11.5. The number of likely N-dealkylation sites (tertiary alicyclic amines) is 1. The van der Waals surface area contributed by atoms with Crippen LogP contribution in [0.15, 0.2) is 54.6 Å². The molecule has 4 rings (SSSR count). The number of halogens is 2. The lowest BCUT2D eigenvalue weighted by molar-refractivity contribution is -0.0294. The normalized spacial score (nSPS) is 21.5. The summed E-state index contributed by atoms with van der Waals surface area (Å²) >= 11 is 0. The van der Waals surface area contributed by atoms with Crippen LogP contribution in [0.5, 0.6) is 5.75 Å². The van der Waals surface area contributed by atoms with Crippen LogP contribution < -0.4 is 10.5 Å². The first kappa shape index (κ1) is 26.0. The van der Waals surface area contributed by atoms with Crippen LogP contribution in [0.1, 0.15) is 55.6 Å². The Kier molecular flexibility index (Phi) is 10.1. The second-order valence-electron chi connectivity index (χ2n) is 8.87. The molecule has 2 aromatic carbocycles. The van der Waals surface area contributed by atoms with E-state index in [4.69, 9.17) is 10.5 Å². The Bertz CT molecular complexity index is 767. The molecule has 3 N–H and O–H groups in total. The summed E-state index contributed by atoms with van der Waals surface area (Å²) < 4.78 is 5.96. The minimum Gasteiger partial charge on any atom is -0.489 e. The van der Waals surface area contributed by atoms with E-state index in [2.05, 4.69) is 29.2 Å². The maximum Gasteiger partial charge on any atom is 0.119 e. The zero-order valence-corrected chi connectivity index (χ0v) is 19.8. The van der Waals surface area contributed by atoms with Crippen LogP contribution in [0, 0.1) is 0 Å². The van der Waals surface area contributed by atoms with Gasteiger partial charge in [-0.25, -0.2) is 0 Å². The Morgan fingerprint density at radius 2 is 1.68 bits per heavy atom. The molecule has 172 valence electrons. The van der Waals surface area contributed by atoms with E-state index in [1.807, 2.05) is 30.3 Å². The fourth-order valence-corrected chi connectivity index (χ4v) is 4.92. The van der Waals surface area contributed by atoms with Crippen molar-refractivity contribution in [2.24, 2.45) is 5.73 Å². The molecular weight excluding hydrogens is 431 g/mol. The van der Waals surface area contributed by atoms with Crippen molar-refractivity contribution < 1.29 is 9.84 Å². The van der Waals surface area contributed by atoms with Crippen molar-refractivity contribution in [1.29, 1.82) is 0 Å². The molecule has 31 heavy (non-hydrogen) atoms. The van der Waals surface area contributed by atoms with Crippen molar-refractivity contribution in [1.82, 2.24) is 4.90 Å². The third kappa shape index (κ3) is 6.84. The summed E-state index contributed by atoms with van der Waals surface area (Å²) in [6.45, 7) is 3.42. The summed E-state index contributed by atoms with van der Waals surface area (Å²) in [7, 11) is 0. The number of hydrogen-bond donors (Lipinski definition) is 2. The molecule has 0 bridgehead atoms. The molecule has 1 saturated heterocycles. The highest BCUT2D eigenvalue weighted by atomic mass is 35.5. The van der Waals surface area contributed by atoms with Gasteiger partial charge in [-0.05, 0) is 49.1 Å². The van der Waals surface area contributed by atoms with Gasteiger partial charge in [0.15, 0.2) is 0 Å². The van der Waals surface area contributed by atoms with Gasteiger partial charge in [-0.15, -0.1) is 24.8 Å². The van der Waals surface area contributed by atoms with Gasteiger partial charge in [0.25, 0.3) is 0 Å². The number of benzene rings is 2. The Balaban J connectivity index is 0.00000171. The summed E-state index contributed by atoms with van der Waals surface area (Å²) in [4.78, 5) is 2.43. The SMILES string of the molecule is Cl.Cl.N[C@@H]1CCN(CC(c2ccc(OCc3ccccc3)cc2)C2(O)CCCCC2)C1. The van der Waals surface area contributed by atoms with Crippen molar-refractivity contribution in [2.75, 3.05) is 19.6 Å². The van der Waals surface area contributed by atoms with E-state index in [0.717, 1.165) is 63.1 Å². The van der Waals surface area contributed by atoms with Crippen LogP contribution in [-0.2, 0) is 6.61 Å². The van der Waals surface area contributed by atoms with Crippen LogP contribution in [0.3, 0.4) is 0 Å². The average molecular weight is 467 g/mol. The molecular formula is C25H36Cl2N2O2. The average Bonchev–Trinajstić information content (AvgIpc) is 3.17. The maximum absolute atomic E-state index is 11.5. The highest BCUT2D eigenvalue weighted by Gasteiger charge is 2.40. The molecule has 1 heterocycles. The molecule has 4 nitrogen and oxygen atoms in total. The molecule has 0 amide bonds. The van der Waals surface area contributed by atoms with Gasteiger partial charge >= 0.3 is 0 Å². The number of nitrogens with two attached hydrogens (primary N) is 1. The predicted octanol–water partition coefficient (Wildman–Crippen LogP) is 4.92. The lowest BCUT2D eigenvalue weighted by Gasteiger charge is -2.41. The Hall–Kier alpha value is -1.30. The zero-order valence-electron chi connectivity index (χ0n) is 18.1. The molecule has 0 spiro atoms. The highest BCUT2D eigenvalue weighted by molar-refractivity contribution is 5.85. The van der Waals surface area contributed by atoms with E-state index in [9.17, 15) is 5.11 Å². The van der Waals surface area contributed by atoms with Gasteiger partial charge in [-0.1, -0.05) is 61.7 Å². The quantitative estimate of drug-likeness (QED) is 0.607. The van der Waals surface area contributed by atoms with Gasteiger partial charge in [0.2, 0.25) is 0 Å². The first-order valence-corrected chi connectivity index (χ1v) is 11.1. The molecule has 0 aromatic heterocycles. The third-order valence-corrected chi connectivity index (χ3v) is 6.65. The first-order valence-electron chi connectivity index (χ1n) is 11.1. The van der Waals surface area contributed by atoms with E-state index in [-0.39, 0.29) is 36.8 Å².